The number of carbonyl (C=O) groups is 1. The maximum atomic E-state index is 12.1. The van der Waals surface area contributed by atoms with Gasteiger partial charge in [0.25, 0.3) is 0 Å². The first-order valence-electron chi connectivity index (χ1n) is 6.23. The molecule has 0 atom stereocenters. The smallest absolute Gasteiger partial charge is 0.316 e. The monoisotopic (exact) mass is 245 g/mol. The molecule has 0 fully saturated rings. The van der Waals surface area contributed by atoms with Crippen LogP contribution in [0.5, 0.6) is 0 Å². The van der Waals surface area contributed by atoms with E-state index in [0.29, 0.717) is 6.61 Å². The van der Waals surface area contributed by atoms with Gasteiger partial charge in [-0.15, -0.1) is 0 Å². The average Bonchev–Trinajstić information content (AvgIpc) is 2.65. The largest absolute Gasteiger partial charge is 0.465 e. The molecule has 0 saturated carbocycles. The molecule has 18 heavy (non-hydrogen) atoms. The van der Waals surface area contributed by atoms with Crippen LogP contribution >= 0.6 is 0 Å². The summed E-state index contributed by atoms with van der Waals surface area (Å²) in [6, 6.07) is 8.03. The van der Waals surface area contributed by atoms with Gasteiger partial charge in [0.2, 0.25) is 0 Å². The zero-order valence-electron chi connectivity index (χ0n) is 11.3. The fourth-order valence-electron chi connectivity index (χ4n) is 2.50. The van der Waals surface area contributed by atoms with Gasteiger partial charge in [-0.05, 0) is 39.3 Å². The maximum Gasteiger partial charge on any atom is 0.316 e. The third-order valence-electron chi connectivity index (χ3n) is 3.30. The van der Waals surface area contributed by atoms with Gasteiger partial charge in [0.1, 0.15) is 0 Å². The summed E-state index contributed by atoms with van der Waals surface area (Å²) in [7, 11) is 0. The van der Waals surface area contributed by atoms with E-state index in [1.807, 2.05) is 52.0 Å². The number of nitrogens with one attached hydrogen (secondary N) is 1. The molecule has 1 heterocycles. The van der Waals surface area contributed by atoms with Gasteiger partial charge in [0, 0.05) is 16.6 Å². The number of hydrogen-bond acceptors (Lipinski definition) is 2. The number of hydrogen-bond donors (Lipinski definition) is 1. The van der Waals surface area contributed by atoms with E-state index in [4.69, 9.17) is 4.74 Å². The Kier molecular flexibility index (Phi) is 3.16. The Bertz CT molecular complexity index is 581. The molecule has 1 aromatic heterocycles. The quantitative estimate of drug-likeness (QED) is 0.843. The average molecular weight is 245 g/mol. The van der Waals surface area contributed by atoms with Crippen LogP contribution in [0.3, 0.4) is 0 Å². The SMILES string of the molecule is CCOC(=O)C(C)(C)c1c(C)[nH]c2ccccc12. The summed E-state index contributed by atoms with van der Waals surface area (Å²) < 4.78 is 5.18. The normalized spacial score (nSPS) is 11.8. The Labute approximate surface area is 107 Å². The van der Waals surface area contributed by atoms with E-state index in [9.17, 15) is 4.79 Å². The van der Waals surface area contributed by atoms with Crippen LogP contribution in [-0.2, 0) is 14.9 Å². The van der Waals surface area contributed by atoms with Crippen LogP contribution in [0, 0.1) is 6.92 Å². The second kappa shape index (κ2) is 4.48. The minimum absolute atomic E-state index is 0.183. The van der Waals surface area contributed by atoms with Crippen molar-refractivity contribution >= 4 is 16.9 Å². The summed E-state index contributed by atoms with van der Waals surface area (Å²) in [4.78, 5) is 15.4. The fourth-order valence-corrected chi connectivity index (χ4v) is 2.50. The maximum absolute atomic E-state index is 12.1. The summed E-state index contributed by atoms with van der Waals surface area (Å²) >= 11 is 0. The molecule has 0 aliphatic carbocycles. The number of para-hydroxylation sites is 1. The Morgan fingerprint density at radius 2 is 2.00 bits per heavy atom. The van der Waals surface area contributed by atoms with Crippen molar-refractivity contribution in [1.82, 2.24) is 4.98 Å². The predicted octanol–water partition coefficient (Wildman–Crippen LogP) is 3.32. The van der Waals surface area contributed by atoms with Crippen molar-refractivity contribution in [3.63, 3.8) is 0 Å². The van der Waals surface area contributed by atoms with Crippen molar-refractivity contribution in [3.8, 4) is 0 Å². The van der Waals surface area contributed by atoms with Crippen LogP contribution < -0.4 is 0 Å². The summed E-state index contributed by atoms with van der Waals surface area (Å²) in [6.07, 6.45) is 0. The molecule has 2 aromatic rings. The molecule has 3 heteroatoms. The van der Waals surface area contributed by atoms with E-state index < -0.39 is 5.41 Å². The minimum Gasteiger partial charge on any atom is -0.465 e. The Morgan fingerprint density at radius 1 is 1.33 bits per heavy atom. The lowest BCUT2D eigenvalue weighted by Gasteiger charge is -2.23. The molecule has 1 N–H and O–H groups in total. The van der Waals surface area contributed by atoms with E-state index >= 15 is 0 Å². The molecule has 0 saturated heterocycles. The number of fused-ring (bicyclic) bond motifs is 1. The lowest BCUT2D eigenvalue weighted by Crippen LogP contribution is -2.31. The van der Waals surface area contributed by atoms with Gasteiger partial charge >= 0.3 is 5.97 Å². The third kappa shape index (κ3) is 1.90. The van der Waals surface area contributed by atoms with Gasteiger partial charge < -0.3 is 9.72 Å². The van der Waals surface area contributed by atoms with Gasteiger partial charge in [-0.1, -0.05) is 18.2 Å². The molecule has 2 rings (SSSR count). The van der Waals surface area contributed by atoms with Crippen LogP contribution in [-0.4, -0.2) is 17.6 Å². The fraction of sp³-hybridized carbons (Fsp3) is 0.400. The molecule has 0 spiro atoms. The molecular weight excluding hydrogens is 226 g/mol. The third-order valence-corrected chi connectivity index (χ3v) is 3.30. The Morgan fingerprint density at radius 3 is 2.67 bits per heavy atom. The highest BCUT2D eigenvalue weighted by atomic mass is 16.5. The highest BCUT2D eigenvalue weighted by Crippen LogP contribution is 2.34. The number of ether oxygens (including phenoxy) is 1. The molecular formula is C15H19NO2. The molecule has 96 valence electrons. The van der Waals surface area contributed by atoms with Gasteiger partial charge in [-0.3, -0.25) is 4.79 Å². The van der Waals surface area contributed by atoms with Crippen molar-refractivity contribution in [2.45, 2.75) is 33.1 Å². The van der Waals surface area contributed by atoms with Crippen LogP contribution in [0.1, 0.15) is 32.0 Å². The van der Waals surface area contributed by atoms with Crippen molar-refractivity contribution in [2.24, 2.45) is 0 Å². The molecule has 0 radical (unpaired) electrons. The van der Waals surface area contributed by atoms with Gasteiger partial charge in [-0.25, -0.2) is 0 Å². The van der Waals surface area contributed by atoms with Crippen LogP contribution in [0.15, 0.2) is 24.3 Å². The lowest BCUT2D eigenvalue weighted by atomic mass is 9.83. The standard InChI is InChI=1S/C15H19NO2/c1-5-18-14(17)15(3,4)13-10(2)16-12-9-7-6-8-11(12)13/h6-9,16H,5H2,1-4H3. The van der Waals surface area contributed by atoms with Crippen LogP contribution in [0.4, 0.5) is 0 Å². The van der Waals surface area contributed by atoms with E-state index in [1.54, 1.807) is 0 Å². The van der Waals surface area contributed by atoms with Crippen LogP contribution in [0.2, 0.25) is 0 Å². The van der Waals surface area contributed by atoms with Crippen molar-refractivity contribution in [3.05, 3.63) is 35.5 Å². The van der Waals surface area contributed by atoms with Crippen molar-refractivity contribution in [1.29, 1.82) is 0 Å². The number of benzene rings is 1. The van der Waals surface area contributed by atoms with Crippen LogP contribution in [0.25, 0.3) is 10.9 Å². The molecule has 1 aromatic carbocycles. The zero-order valence-corrected chi connectivity index (χ0v) is 11.3. The highest BCUT2D eigenvalue weighted by Gasteiger charge is 2.35. The number of aromatic nitrogens is 1. The first-order valence-corrected chi connectivity index (χ1v) is 6.23. The summed E-state index contributed by atoms with van der Waals surface area (Å²) in [5.74, 6) is -0.183. The second-order valence-electron chi connectivity index (χ2n) is 5.02. The molecule has 0 amide bonds. The van der Waals surface area contributed by atoms with Gasteiger partial charge in [-0.2, -0.15) is 0 Å². The lowest BCUT2D eigenvalue weighted by molar-refractivity contribution is -0.148. The number of esters is 1. The number of aryl methyl sites for hydroxylation is 1. The van der Waals surface area contributed by atoms with E-state index in [-0.39, 0.29) is 5.97 Å². The molecule has 3 nitrogen and oxygen atoms in total. The Hall–Kier alpha value is -1.77. The van der Waals surface area contributed by atoms with E-state index in [0.717, 1.165) is 22.2 Å². The minimum atomic E-state index is -0.639. The topological polar surface area (TPSA) is 42.1 Å². The zero-order chi connectivity index (χ0) is 13.3. The van der Waals surface area contributed by atoms with Crippen molar-refractivity contribution < 1.29 is 9.53 Å². The number of aromatic amines is 1. The first-order chi connectivity index (χ1) is 8.48. The summed E-state index contributed by atoms with van der Waals surface area (Å²) in [5, 5.41) is 1.09. The van der Waals surface area contributed by atoms with E-state index in [1.165, 1.54) is 0 Å². The highest BCUT2D eigenvalue weighted by molar-refractivity contribution is 5.93. The van der Waals surface area contributed by atoms with Gasteiger partial charge in [0.15, 0.2) is 0 Å². The van der Waals surface area contributed by atoms with E-state index in [2.05, 4.69) is 4.98 Å². The molecule has 0 aliphatic rings. The molecule has 0 aliphatic heterocycles. The number of rotatable bonds is 3. The predicted molar refractivity (Wildman–Crippen MR) is 72.7 cm³/mol. The second-order valence-corrected chi connectivity index (χ2v) is 5.02. The van der Waals surface area contributed by atoms with Gasteiger partial charge in [0.05, 0.1) is 12.0 Å². The first kappa shape index (κ1) is 12.7. The number of carbonyl (C=O) groups excluding carboxylic acids is 1. The Balaban J connectivity index is 2.59. The van der Waals surface area contributed by atoms with Crippen molar-refractivity contribution in [2.75, 3.05) is 6.61 Å². The number of H-pyrrole nitrogens is 1. The summed E-state index contributed by atoms with van der Waals surface area (Å²) in [5.41, 5.74) is 2.47. The molecule has 0 unspecified atom stereocenters. The summed E-state index contributed by atoms with van der Waals surface area (Å²) in [6.45, 7) is 8.05. The molecule has 0 bridgehead atoms.